The number of hydrogen-bond donors (Lipinski definition) is 1. The Morgan fingerprint density at radius 3 is 2.58 bits per heavy atom. The molecule has 5 heteroatoms. The first-order valence-corrected chi connectivity index (χ1v) is 7.07. The number of rotatable bonds is 5. The molecule has 1 amide bonds. The highest BCUT2D eigenvalue weighted by atomic mass is 16.5. The SMILES string of the molecule is CCOC(=O)CN1CC(NC(C)=O)CC(C(C)C)C1. The van der Waals surface area contributed by atoms with E-state index in [-0.39, 0.29) is 17.9 Å². The third kappa shape index (κ3) is 5.59. The molecule has 110 valence electrons. The topological polar surface area (TPSA) is 58.6 Å². The van der Waals surface area contributed by atoms with Gasteiger partial charge in [0.15, 0.2) is 0 Å². The molecular weight excluding hydrogens is 244 g/mol. The summed E-state index contributed by atoms with van der Waals surface area (Å²) in [4.78, 5) is 24.9. The van der Waals surface area contributed by atoms with Gasteiger partial charge in [0.05, 0.1) is 13.2 Å². The van der Waals surface area contributed by atoms with Crippen molar-refractivity contribution in [3.63, 3.8) is 0 Å². The number of piperidine rings is 1. The van der Waals surface area contributed by atoms with Gasteiger partial charge in [-0.15, -0.1) is 0 Å². The maximum atomic E-state index is 11.6. The molecule has 1 heterocycles. The van der Waals surface area contributed by atoms with Crippen molar-refractivity contribution in [1.29, 1.82) is 0 Å². The van der Waals surface area contributed by atoms with Crippen molar-refractivity contribution in [2.75, 3.05) is 26.2 Å². The Labute approximate surface area is 115 Å². The van der Waals surface area contributed by atoms with Crippen LogP contribution < -0.4 is 5.32 Å². The first kappa shape index (κ1) is 16.0. The third-order valence-corrected chi connectivity index (χ3v) is 3.57. The largest absolute Gasteiger partial charge is 0.465 e. The second-order valence-corrected chi connectivity index (χ2v) is 5.64. The monoisotopic (exact) mass is 270 g/mol. The highest BCUT2D eigenvalue weighted by Gasteiger charge is 2.30. The molecule has 0 aliphatic carbocycles. The summed E-state index contributed by atoms with van der Waals surface area (Å²) < 4.78 is 4.99. The van der Waals surface area contributed by atoms with Crippen LogP contribution in [0, 0.1) is 11.8 Å². The number of likely N-dealkylation sites (tertiary alicyclic amines) is 1. The number of carbonyl (C=O) groups excluding carboxylic acids is 2. The first-order chi connectivity index (χ1) is 8.92. The molecular formula is C14H26N2O3. The molecule has 1 N–H and O–H groups in total. The Bertz CT molecular complexity index is 318. The highest BCUT2D eigenvalue weighted by Crippen LogP contribution is 2.23. The van der Waals surface area contributed by atoms with Gasteiger partial charge < -0.3 is 10.1 Å². The van der Waals surface area contributed by atoms with Crippen molar-refractivity contribution in [2.45, 2.75) is 40.2 Å². The maximum Gasteiger partial charge on any atom is 0.320 e. The van der Waals surface area contributed by atoms with Crippen LogP contribution in [0.3, 0.4) is 0 Å². The van der Waals surface area contributed by atoms with Gasteiger partial charge in [-0.2, -0.15) is 0 Å². The summed E-state index contributed by atoms with van der Waals surface area (Å²) in [5.41, 5.74) is 0. The molecule has 1 saturated heterocycles. The predicted octanol–water partition coefficient (Wildman–Crippen LogP) is 1.03. The van der Waals surface area contributed by atoms with Gasteiger partial charge in [-0.1, -0.05) is 13.8 Å². The van der Waals surface area contributed by atoms with E-state index in [0.717, 1.165) is 19.5 Å². The third-order valence-electron chi connectivity index (χ3n) is 3.57. The first-order valence-electron chi connectivity index (χ1n) is 7.07. The molecule has 0 spiro atoms. The van der Waals surface area contributed by atoms with Crippen molar-refractivity contribution in [1.82, 2.24) is 10.2 Å². The van der Waals surface area contributed by atoms with Crippen LogP contribution in [0.25, 0.3) is 0 Å². The van der Waals surface area contributed by atoms with E-state index in [2.05, 4.69) is 24.1 Å². The Balaban J connectivity index is 2.59. The lowest BCUT2D eigenvalue weighted by atomic mass is 9.85. The van der Waals surface area contributed by atoms with E-state index in [1.807, 2.05) is 6.92 Å². The molecule has 0 aromatic rings. The summed E-state index contributed by atoms with van der Waals surface area (Å²) in [6, 6.07) is 0.132. The van der Waals surface area contributed by atoms with E-state index in [1.54, 1.807) is 0 Å². The van der Waals surface area contributed by atoms with E-state index < -0.39 is 0 Å². The lowest BCUT2D eigenvalue weighted by Gasteiger charge is -2.39. The van der Waals surface area contributed by atoms with Crippen LogP contribution in [0.5, 0.6) is 0 Å². The molecule has 1 rings (SSSR count). The Hall–Kier alpha value is -1.10. The average Bonchev–Trinajstić information content (AvgIpc) is 2.27. The van der Waals surface area contributed by atoms with Crippen molar-refractivity contribution < 1.29 is 14.3 Å². The number of hydrogen-bond acceptors (Lipinski definition) is 4. The summed E-state index contributed by atoms with van der Waals surface area (Å²) in [5, 5.41) is 2.97. The van der Waals surface area contributed by atoms with Crippen molar-refractivity contribution in [3.05, 3.63) is 0 Å². The standard InChI is InChI=1S/C14H26N2O3/c1-5-19-14(18)9-16-7-12(10(2)3)6-13(8-16)15-11(4)17/h10,12-13H,5-9H2,1-4H3,(H,15,17). The van der Waals surface area contributed by atoms with Crippen molar-refractivity contribution >= 4 is 11.9 Å². The van der Waals surface area contributed by atoms with Crippen LogP contribution in [-0.4, -0.2) is 49.1 Å². The quantitative estimate of drug-likeness (QED) is 0.758. The van der Waals surface area contributed by atoms with Crippen LogP contribution in [0.15, 0.2) is 0 Å². The van der Waals surface area contributed by atoms with E-state index in [4.69, 9.17) is 4.74 Å². The maximum absolute atomic E-state index is 11.6. The van der Waals surface area contributed by atoms with Crippen LogP contribution in [0.1, 0.15) is 34.1 Å². The second kappa shape index (κ2) is 7.48. The zero-order chi connectivity index (χ0) is 14.4. The number of esters is 1. The van der Waals surface area contributed by atoms with Crippen LogP contribution in [-0.2, 0) is 14.3 Å². The van der Waals surface area contributed by atoms with Gasteiger partial charge >= 0.3 is 5.97 Å². The zero-order valence-corrected chi connectivity index (χ0v) is 12.4. The fourth-order valence-electron chi connectivity index (χ4n) is 2.63. The van der Waals surface area contributed by atoms with Gasteiger partial charge in [-0.05, 0) is 25.2 Å². The highest BCUT2D eigenvalue weighted by molar-refractivity contribution is 5.73. The number of nitrogens with one attached hydrogen (secondary N) is 1. The molecule has 0 bridgehead atoms. The molecule has 1 aliphatic heterocycles. The number of amides is 1. The Kier molecular flexibility index (Phi) is 6.28. The molecule has 2 unspecified atom stereocenters. The van der Waals surface area contributed by atoms with Gasteiger partial charge in [0.25, 0.3) is 0 Å². The molecule has 0 aromatic carbocycles. The van der Waals surface area contributed by atoms with Crippen molar-refractivity contribution in [3.8, 4) is 0 Å². The van der Waals surface area contributed by atoms with E-state index in [0.29, 0.717) is 25.0 Å². The van der Waals surface area contributed by atoms with Crippen LogP contribution in [0.2, 0.25) is 0 Å². The average molecular weight is 270 g/mol. The minimum Gasteiger partial charge on any atom is -0.465 e. The second-order valence-electron chi connectivity index (χ2n) is 5.64. The van der Waals surface area contributed by atoms with Crippen LogP contribution in [0.4, 0.5) is 0 Å². The summed E-state index contributed by atoms with van der Waals surface area (Å²) in [7, 11) is 0. The number of nitrogens with zero attached hydrogens (tertiary/aromatic N) is 1. The molecule has 19 heavy (non-hydrogen) atoms. The fourth-order valence-corrected chi connectivity index (χ4v) is 2.63. The minimum absolute atomic E-state index is 0.00880. The normalized spacial score (nSPS) is 24.3. The summed E-state index contributed by atoms with van der Waals surface area (Å²) in [6.07, 6.45) is 0.983. The zero-order valence-electron chi connectivity index (χ0n) is 12.4. The van der Waals surface area contributed by atoms with E-state index >= 15 is 0 Å². The predicted molar refractivity (Wildman–Crippen MR) is 73.6 cm³/mol. The van der Waals surface area contributed by atoms with Crippen LogP contribution >= 0.6 is 0 Å². The molecule has 0 aromatic heterocycles. The molecule has 5 nitrogen and oxygen atoms in total. The number of ether oxygens (including phenoxy) is 1. The van der Waals surface area contributed by atoms with Gasteiger partial charge in [-0.3, -0.25) is 14.5 Å². The smallest absolute Gasteiger partial charge is 0.320 e. The van der Waals surface area contributed by atoms with Gasteiger partial charge in [0.1, 0.15) is 0 Å². The molecule has 0 radical (unpaired) electrons. The Morgan fingerprint density at radius 2 is 2.05 bits per heavy atom. The molecule has 1 aliphatic rings. The molecule has 2 atom stereocenters. The lowest BCUT2D eigenvalue weighted by molar-refractivity contribution is -0.145. The van der Waals surface area contributed by atoms with Gasteiger partial charge in [0.2, 0.25) is 5.91 Å². The minimum atomic E-state index is -0.187. The number of carbonyl (C=O) groups is 2. The molecule has 1 fully saturated rings. The summed E-state index contributed by atoms with van der Waals surface area (Å²) in [6.45, 7) is 10.1. The van der Waals surface area contributed by atoms with Crippen molar-refractivity contribution in [2.24, 2.45) is 11.8 Å². The van der Waals surface area contributed by atoms with Gasteiger partial charge in [-0.25, -0.2) is 0 Å². The molecule has 0 saturated carbocycles. The Morgan fingerprint density at radius 1 is 1.37 bits per heavy atom. The van der Waals surface area contributed by atoms with E-state index in [1.165, 1.54) is 6.92 Å². The summed E-state index contributed by atoms with van der Waals surface area (Å²) >= 11 is 0. The van der Waals surface area contributed by atoms with Gasteiger partial charge in [0, 0.05) is 26.1 Å². The fraction of sp³-hybridized carbons (Fsp3) is 0.857. The lowest BCUT2D eigenvalue weighted by Crippen LogP contribution is -2.52. The van der Waals surface area contributed by atoms with E-state index in [9.17, 15) is 9.59 Å². The summed E-state index contributed by atoms with van der Waals surface area (Å²) in [5.74, 6) is 0.847.